The smallest absolute Gasteiger partial charge is 0.261 e. The van der Waals surface area contributed by atoms with Crippen LogP contribution in [0.25, 0.3) is 0 Å². The molecular weight excluding hydrogens is 296 g/mol. The monoisotopic (exact) mass is 310 g/mol. The summed E-state index contributed by atoms with van der Waals surface area (Å²) in [6.07, 6.45) is 0. The molecule has 0 aliphatic carbocycles. The van der Waals surface area contributed by atoms with E-state index in [1.54, 1.807) is 44.2 Å². The van der Waals surface area contributed by atoms with Crippen LogP contribution in [-0.4, -0.2) is 8.42 Å². The van der Waals surface area contributed by atoms with Gasteiger partial charge in [0.05, 0.1) is 10.6 Å². The predicted octanol–water partition coefficient (Wildman–Crippen LogP) is 3.34. The highest BCUT2D eigenvalue weighted by molar-refractivity contribution is 7.92. The van der Waals surface area contributed by atoms with E-state index in [2.05, 4.69) is 4.72 Å². The molecule has 3 N–H and O–H groups in total. The first kappa shape index (κ1) is 14.7. The van der Waals surface area contributed by atoms with Crippen molar-refractivity contribution in [1.29, 1.82) is 0 Å². The van der Waals surface area contributed by atoms with E-state index >= 15 is 0 Å². The average Bonchev–Trinajstić information content (AvgIpc) is 2.32. The lowest BCUT2D eigenvalue weighted by Crippen LogP contribution is -2.14. The summed E-state index contributed by atoms with van der Waals surface area (Å²) in [7, 11) is -3.69. The van der Waals surface area contributed by atoms with Gasteiger partial charge in [-0.3, -0.25) is 4.72 Å². The number of halogens is 1. The van der Waals surface area contributed by atoms with Gasteiger partial charge in [-0.15, -0.1) is 0 Å². The van der Waals surface area contributed by atoms with Crippen molar-refractivity contribution in [3.8, 4) is 0 Å². The Morgan fingerprint density at radius 2 is 1.80 bits per heavy atom. The molecule has 0 aromatic heterocycles. The van der Waals surface area contributed by atoms with Gasteiger partial charge in [0.25, 0.3) is 10.0 Å². The van der Waals surface area contributed by atoms with Crippen LogP contribution < -0.4 is 10.5 Å². The van der Waals surface area contributed by atoms with Crippen molar-refractivity contribution in [2.75, 3.05) is 10.5 Å². The zero-order valence-corrected chi connectivity index (χ0v) is 12.7. The van der Waals surface area contributed by atoms with E-state index in [1.165, 1.54) is 6.07 Å². The molecule has 0 aliphatic rings. The van der Waals surface area contributed by atoms with E-state index in [9.17, 15) is 8.42 Å². The predicted molar refractivity (Wildman–Crippen MR) is 82.6 cm³/mol. The fourth-order valence-corrected chi connectivity index (χ4v) is 3.27. The summed E-state index contributed by atoms with van der Waals surface area (Å²) in [5.74, 6) is 0. The first-order valence-electron chi connectivity index (χ1n) is 5.94. The summed E-state index contributed by atoms with van der Waals surface area (Å²) in [6.45, 7) is 3.60. The lowest BCUT2D eigenvalue weighted by molar-refractivity contribution is 0.601. The number of rotatable bonds is 3. The van der Waals surface area contributed by atoms with Gasteiger partial charge in [0.2, 0.25) is 0 Å². The summed E-state index contributed by atoms with van der Waals surface area (Å²) >= 11 is 5.89. The van der Waals surface area contributed by atoms with Crippen molar-refractivity contribution in [2.24, 2.45) is 0 Å². The lowest BCUT2D eigenvalue weighted by Gasteiger charge is -2.12. The quantitative estimate of drug-likeness (QED) is 0.854. The molecule has 0 atom stereocenters. The van der Waals surface area contributed by atoms with Gasteiger partial charge in [0.15, 0.2) is 0 Å². The highest BCUT2D eigenvalue weighted by Crippen LogP contribution is 2.24. The minimum absolute atomic E-state index is 0.134. The minimum Gasteiger partial charge on any atom is -0.399 e. The van der Waals surface area contributed by atoms with Crippen LogP contribution in [0.5, 0.6) is 0 Å². The number of anilines is 2. The molecule has 0 unspecified atom stereocenters. The van der Waals surface area contributed by atoms with Gasteiger partial charge in [-0.05, 0) is 55.3 Å². The second kappa shape index (κ2) is 5.34. The van der Waals surface area contributed by atoms with Crippen LogP contribution in [0.15, 0.2) is 41.3 Å². The van der Waals surface area contributed by atoms with E-state index in [4.69, 9.17) is 17.3 Å². The van der Waals surface area contributed by atoms with Crippen LogP contribution in [0.1, 0.15) is 11.1 Å². The highest BCUT2D eigenvalue weighted by atomic mass is 35.5. The number of benzene rings is 2. The Kier molecular flexibility index (Phi) is 3.92. The fourth-order valence-electron chi connectivity index (χ4n) is 1.84. The molecule has 0 saturated carbocycles. The van der Waals surface area contributed by atoms with Gasteiger partial charge in [-0.2, -0.15) is 0 Å². The van der Waals surface area contributed by atoms with Gasteiger partial charge < -0.3 is 5.73 Å². The van der Waals surface area contributed by atoms with Gasteiger partial charge in [0, 0.05) is 10.7 Å². The van der Waals surface area contributed by atoms with Crippen LogP contribution in [0, 0.1) is 13.8 Å². The number of nitrogens with one attached hydrogen (secondary N) is 1. The minimum atomic E-state index is -3.69. The maximum absolute atomic E-state index is 12.4. The number of nitrogen functional groups attached to an aromatic ring is 1. The number of hydrogen-bond donors (Lipinski definition) is 2. The van der Waals surface area contributed by atoms with Crippen molar-refractivity contribution in [3.05, 3.63) is 52.5 Å². The summed E-state index contributed by atoms with van der Waals surface area (Å²) in [5, 5.41) is 0.469. The molecule has 4 nitrogen and oxygen atoms in total. The molecule has 106 valence electrons. The maximum Gasteiger partial charge on any atom is 0.261 e. The van der Waals surface area contributed by atoms with Gasteiger partial charge in [0.1, 0.15) is 0 Å². The number of nitrogens with two attached hydrogens (primary N) is 1. The lowest BCUT2D eigenvalue weighted by atomic mass is 10.2. The molecule has 2 rings (SSSR count). The van der Waals surface area contributed by atoms with E-state index in [-0.39, 0.29) is 4.90 Å². The van der Waals surface area contributed by atoms with Gasteiger partial charge in [-0.25, -0.2) is 8.42 Å². The normalized spacial score (nSPS) is 11.3. The Hall–Kier alpha value is -1.72. The average molecular weight is 311 g/mol. The largest absolute Gasteiger partial charge is 0.399 e. The first-order valence-corrected chi connectivity index (χ1v) is 7.80. The standard InChI is InChI=1S/C14H15ClN2O2S/c1-9-5-12(16)8-13(6-9)20(18,19)17-14-7-11(15)4-3-10(14)2/h3-8,17H,16H2,1-2H3. The topological polar surface area (TPSA) is 72.2 Å². The summed E-state index contributed by atoms with van der Waals surface area (Å²) in [6, 6.07) is 9.75. The zero-order valence-electron chi connectivity index (χ0n) is 11.1. The Balaban J connectivity index is 2.43. The fraction of sp³-hybridized carbons (Fsp3) is 0.143. The molecule has 0 radical (unpaired) electrons. The second-order valence-electron chi connectivity index (χ2n) is 4.64. The second-order valence-corrected chi connectivity index (χ2v) is 6.76. The maximum atomic E-state index is 12.4. The molecular formula is C14H15ClN2O2S. The summed E-state index contributed by atoms with van der Waals surface area (Å²) in [5.41, 5.74) is 8.13. The Labute approximate surface area is 123 Å². The molecule has 0 bridgehead atoms. The van der Waals surface area contributed by atoms with Gasteiger partial charge >= 0.3 is 0 Å². The Bertz CT molecular complexity index is 738. The van der Waals surface area contributed by atoms with Crippen LogP contribution in [0.2, 0.25) is 5.02 Å². The van der Waals surface area contributed by atoms with Crippen molar-refractivity contribution >= 4 is 33.0 Å². The van der Waals surface area contributed by atoms with Crippen LogP contribution in [0.3, 0.4) is 0 Å². The molecule has 2 aromatic carbocycles. The zero-order chi connectivity index (χ0) is 14.9. The van der Waals surface area contributed by atoms with Crippen molar-refractivity contribution in [1.82, 2.24) is 0 Å². The van der Waals surface area contributed by atoms with Crippen molar-refractivity contribution in [2.45, 2.75) is 18.7 Å². The summed E-state index contributed by atoms with van der Waals surface area (Å²) in [4.78, 5) is 0.134. The molecule has 2 aromatic rings. The molecule has 6 heteroatoms. The van der Waals surface area contributed by atoms with Gasteiger partial charge in [-0.1, -0.05) is 17.7 Å². The SMILES string of the molecule is Cc1cc(N)cc(S(=O)(=O)Nc2cc(Cl)ccc2C)c1. The van der Waals surface area contributed by atoms with Crippen molar-refractivity contribution < 1.29 is 8.42 Å². The third kappa shape index (κ3) is 3.23. The third-order valence-electron chi connectivity index (χ3n) is 2.83. The molecule has 0 heterocycles. The third-order valence-corrected chi connectivity index (χ3v) is 4.41. The summed E-state index contributed by atoms with van der Waals surface area (Å²) < 4.78 is 27.2. The van der Waals surface area contributed by atoms with Crippen molar-refractivity contribution in [3.63, 3.8) is 0 Å². The van der Waals surface area contributed by atoms with E-state index in [1.807, 2.05) is 0 Å². The molecule has 20 heavy (non-hydrogen) atoms. The van der Waals surface area contributed by atoms with Crippen LogP contribution in [-0.2, 0) is 10.0 Å². The molecule has 0 amide bonds. The number of aryl methyl sites for hydroxylation is 2. The Morgan fingerprint density at radius 3 is 2.45 bits per heavy atom. The molecule has 0 aliphatic heterocycles. The number of hydrogen-bond acceptors (Lipinski definition) is 3. The van der Waals surface area contributed by atoms with Crippen LogP contribution in [0.4, 0.5) is 11.4 Å². The van der Waals surface area contributed by atoms with E-state index in [0.717, 1.165) is 11.1 Å². The first-order chi connectivity index (χ1) is 9.28. The number of sulfonamides is 1. The van der Waals surface area contributed by atoms with E-state index < -0.39 is 10.0 Å². The van der Waals surface area contributed by atoms with Crippen LogP contribution >= 0.6 is 11.6 Å². The van der Waals surface area contributed by atoms with E-state index in [0.29, 0.717) is 16.4 Å². The molecule has 0 spiro atoms. The highest BCUT2D eigenvalue weighted by Gasteiger charge is 2.16. The molecule has 0 fully saturated rings. The Morgan fingerprint density at radius 1 is 1.10 bits per heavy atom. The molecule has 0 saturated heterocycles.